The minimum atomic E-state index is -2.35. The highest BCUT2D eigenvalue weighted by molar-refractivity contribution is 7.99. The van der Waals surface area contributed by atoms with E-state index in [1.807, 2.05) is 12.1 Å². The van der Waals surface area contributed by atoms with Gasteiger partial charge in [0.2, 0.25) is 5.91 Å². The van der Waals surface area contributed by atoms with E-state index in [0.717, 1.165) is 5.56 Å². The lowest BCUT2D eigenvalue weighted by Gasteiger charge is -2.23. The van der Waals surface area contributed by atoms with Crippen LogP contribution in [0.25, 0.3) is 0 Å². The van der Waals surface area contributed by atoms with Crippen LogP contribution in [0.3, 0.4) is 0 Å². The molecule has 1 fully saturated rings. The average Bonchev–Trinajstić information content (AvgIpc) is 3.14. The molecular weight excluding hydrogens is 442 g/mol. The summed E-state index contributed by atoms with van der Waals surface area (Å²) in [6.45, 7) is 1.96. The fraction of sp³-hybridized carbons (Fsp3) is 0.364. The van der Waals surface area contributed by atoms with Gasteiger partial charge >= 0.3 is 6.09 Å². The molecule has 2 heterocycles. The first kappa shape index (κ1) is 22.2. The first-order chi connectivity index (χ1) is 15.4. The van der Waals surface area contributed by atoms with E-state index in [1.165, 1.54) is 11.8 Å². The SMILES string of the molecule is CC(=O)NC[C@H]1CN(c2ccc3c(c2)Oc2ccc(CCCSC(F)F)cc2O3)C(=O)O1. The van der Waals surface area contributed by atoms with E-state index in [9.17, 15) is 18.4 Å². The smallest absolute Gasteiger partial charge is 0.414 e. The highest BCUT2D eigenvalue weighted by atomic mass is 32.2. The molecular formula is C22H22F2N2O5S. The second-order valence-corrected chi connectivity index (χ2v) is 8.50. The Hall–Kier alpha value is -3.01. The summed E-state index contributed by atoms with van der Waals surface area (Å²) < 4.78 is 41.7. The summed E-state index contributed by atoms with van der Waals surface area (Å²) in [5.41, 5.74) is 1.58. The Morgan fingerprint density at radius 3 is 2.59 bits per heavy atom. The zero-order chi connectivity index (χ0) is 22.7. The van der Waals surface area contributed by atoms with Gasteiger partial charge in [-0.3, -0.25) is 9.69 Å². The Morgan fingerprint density at radius 2 is 1.88 bits per heavy atom. The van der Waals surface area contributed by atoms with Crippen LogP contribution in [-0.4, -0.2) is 42.7 Å². The third kappa shape index (κ3) is 5.24. The number of aryl methyl sites for hydroxylation is 1. The molecule has 7 nitrogen and oxygen atoms in total. The maximum absolute atomic E-state index is 12.3. The van der Waals surface area contributed by atoms with Crippen molar-refractivity contribution in [1.29, 1.82) is 0 Å². The number of hydrogen-bond donors (Lipinski definition) is 1. The molecule has 1 N–H and O–H groups in total. The molecule has 1 saturated heterocycles. The molecule has 2 aromatic rings. The molecule has 2 amide bonds. The number of ether oxygens (including phenoxy) is 3. The van der Waals surface area contributed by atoms with E-state index in [-0.39, 0.29) is 12.5 Å². The van der Waals surface area contributed by atoms with Gasteiger partial charge in [0, 0.05) is 13.0 Å². The van der Waals surface area contributed by atoms with Crippen LogP contribution in [0.5, 0.6) is 23.0 Å². The van der Waals surface area contributed by atoms with Crippen LogP contribution in [0, 0.1) is 0 Å². The summed E-state index contributed by atoms with van der Waals surface area (Å²) in [6.07, 6.45) is 0.382. The van der Waals surface area contributed by atoms with E-state index < -0.39 is 18.0 Å². The topological polar surface area (TPSA) is 77.1 Å². The number of hydrogen-bond acceptors (Lipinski definition) is 6. The number of rotatable bonds is 8. The lowest BCUT2D eigenvalue weighted by Crippen LogP contribution is -2.33. The lowest BCUT2D eigenvalue weighted by atomic mass is 10.1. The van der Waals surface area contributed by atoms with Crippen molar-refractivity contribution < 1.29 is 32.6 Å². The lowest BCUT2D eigenvalue weighted by molar-refractivity contribution is -0.119. The van der Waals surface area contributed by atoms with Crippen LogP contribution < -0.4 is 19.7 Å². The van der Waals surface area contributed by atoms with Crippen molar-refractivity contribution in [3.63, 3.8) is 0 Å². The highest BCUT2D eigenvalue weighted by Crippen LogP contribution is 2.47. The molecule has 0 radical (unpaired) electrons. The van der Waals surface area contributed by atoms with Crippen molar-refractivity contribution in [2.45, 2.75) is 31.6 Å². The van der Waals surface area contributed by atoms with E-state index in [4.69, 9.17) is 14.2 Å². The molecule has 2 aliphatic rings. The maximum Gasteiger partial charge on any atom is 0.414 e. The molecule has 0 aliphatic carbocycles. The van der Waals surface area contributed by atoms with Crippen LogP contribution in [0.1, 0.15) is 18.9 Å². The summed E-state index contributed by atoms with van der Waals surface area (Å²) >= 11 is 0.641. The van der Waals surface area contributed by atoms with Gasteiger partial charge in [-0.1, -0.05) is 17.8 Å². The van der Waals surface area contributed by atoms with Gasteiger partial charge in [-0.15, -0.1) is 0 Å². The molecule has 0 spiro atoms. The zero-order valence-electron chi connectivity index (χ0n) is 17.3. The standard InChI is InChI=1S/C22H22F2N2O5S/c1-13(27)25-11-16-12-26(22(28)29-16)15-5-7-18-20(10-15)31-17-6-4-14(9-19(17)30-18)3-2-8-32-21(23)24/h4-7,9-10,16,21H,2-3,8,11-12H2,1H3,(H,25,27)/t16-/m0/s1. The predicted octanol–water partition coefficient (Wildman–Crippen LogP) is 4.93. The summed E-state index contributed by atoms with van der Waals surface area (Å²) in [7, 11) is 0. The van der Waals surface area contributed by atoms with E-state index in [2.05, 4.69) is 5.32 Å². The molecule has 0 bridgehead atoms. The summed E-state index contributed by atoms with van der Waals surface area (Å²) in [5.74, 6) is -0.0753. The molecule has 10 heteroatoms. The van der Waals surface area contributed by atoms with Crippen molar-refractivity contribution in [3.8, 4) is 23.0 Å². The van der Waals surface area contributed by atoms with Gasteiger partial charge in [0.05, 0.1) is 18.8 Å². The number of cyclic esters (lactones) is 1. The van der Waals surface area contributed by atoms with Crippen molar-refractivity contribution in [2.75, 3.05) is 23.7 Å². The van der Waals surface area contributed by atoms with Crippen LogP contribution in [0.15, 0.2) is 36.4 Å². The Morgan fingerprint density at radius 1 is 1.16 bits per heavy atom. The minimum absolute atomic E-state index is 0.187. The summed E-state index contributed by atoms with van der Waals surface area (Å²) in [4.78, 5) is 24.8. The number of anilines is 1. The largest absolute Gasteiger partial charge is 0.450 e. The van der Waals surface area contributed by atoms with E-state index in [1.54, 1.807) is 24.3 Å². The first-order valence-corrected chi connectivity index (χ1v) is 11.2. The Bertz CT molecular complexity index is 1020. The van der Waals surface area contributed by atoms with E-state index in [0.29, 0.717) is 65.6 Å². The number of thioether (sulfide) groups is 1. The third-order valence-electron chi connectivity index (χ3n) is 4.99. The van der Waals surface area contributed by atoms with Crippen LogP contribution in [0.4, 0.5) is 19.3 Å². The third-order valence-corrected chi connectivity index (χ3v) is 5.77. The maximum atomic E-state index is 12.3. The number of amides is 2. The monoisotopic (exact) mass is 464 g/mol. The number of fused-ring (bicyclic) bond motifs is 2. The van der Waals surface area contributed by atoms with Gasteiger partial charge in [0.15, 0.2) is 23.0 Å². The van der Waals surface area contributed by atoms with Crippen LogP contribution in [-0.2, 0) is 16.0 Å². The number of carbonyl (C=O) groups is 2. The molecule has 170 valence electrons. The fourth-order valence-corrected chi connectivity index (χ4v) is 3.97. The molecule has 0 unspecified atom stereocenters. The van der Waals surface area contributed by atoms with Crippen molar-refractivity contribution in [1.82, 2.24) is 5.32 Å². The minimum Gasteiger partial charge on any atom is -0.450 e. The number of halogens is 2. The second kappa shape index (κ2) is 9.64. The van der Waals surface area contributed by atoms with Gasteiger partial charge in [-0.2, -0.15) is 8.78 Å². The number of alkyl halides is 2. The summed E-state index contributed by atoms with van der Waals surface area (Å²) in [6, 6.07) is 10.7. The van der Waals surface area contributed by atoms with Gasteiger partial charge in [0.1, 0.15) is 6.10 Å². The molecule has 2 aliphatic heterocycles. The summed E-state index contributed by atoms with van der Waals surface area (Å²) in [5, 5.41) is 2.64. The molecule has 0 saturated carbocycles. The highest BCUT2D eigenvalue weighted by Gasteiger charge is 2.33. The molecule has 0 aromatic heterocycles. The zero-order valence-corrected chi connectivity index (χ0v) is 18.1. The molecule has 2 aromatic carbocycles. The fourth-order valence-electron chi connectivity index (χ4n) is 3.48. The van der Waals surface area contributed by atoms with Gasteiger partial charge in [-0.05, 0) is 48.4 Å². The van der Waals surface area contributed by atoms with Crippen molar-refractivity contribution in [2.24, 2.45) is 0 Å². The molecule has 1 atom stereocenters. The Kier molecular flexibility index (Phi) is 6.69. The Labute approximate surface area is 188 Å². The molecule has 4 rings (SSSR count). The van der Waals surface area contributed by atoms with Gasteiger partial charge in [0.25, 0.3) is 5.76 Å². The van der Waals surface area contributed by atoms with Crippen LogP contribution in [0.2, 0.25) is 0 Å². The normalized spacial score (nSPS) is 16.7. The Balaban J connectivity index is 1.41. The molecule has 32 heavy (non-hydrogen) atoms. The quantitative estimate of drug-likeness (QED) is 0.476. The van der Waals surface area contributed by atoms with Crippen molar-refractivity contribution in [3.05, 3.63) is 42.0 Å². The first-order valence-electron chi connectivity index (χ1n) is 10.1. The second-order valence-electron chi connectivity index (χ2n) is 7.40. The van der Waals surface area contributed by atoms with Gasteiger partial charge < -0.3 is 19.5 Å². The van der Waals surface area contributed by atoms with E-state index >= 15 is 0 Å². The van der Waals surface area contributed by atoms with Gasteiger partial charge in [-0.25, -0.2) is 4.79 Å². The van der Waals surface area contributed by atoms with Crippen molar-refractivity contribution >= 4 is 29.4 Å². The number of nitrogens with zero attached hydrogens (tertiary/aromatic N) is 1. The number of benzene rings is 2. The number of nitrogens with one attached hydrogen (secondary N) is 1. The predicted molar refractivity (Wildman–Crippen MR) is 116 cm³/mol. The number of carbonyl (C=O) groups excluding carboxylic acids is 2. The van der Waals surface area contributed by atoms with Crippen LogP contribution >= 0.6 is 11.8 Å². The average molecular weight is 464 g/mol.